The van der Waals surface area contributed by atoms with Crippen molar-refractivity contribution in [2.24, 2.45) is 0 Å². The zero-order valence-electron chi connectivity index (χ0n) is 27.9. The maximum absolute atomic E-state index is 6.86. The molecule has 52 heavy (non-hydrogen) atoms. The van der Waals surface area contributed by atoms with E-state index >= 15 is 0 Å². The average molecular weight is 668 g/mol. The lowest BCUT2D eigenvalue weighted by Crippen LogP contribution is -2.20. The van der Waals surface area contributed by atoms with E-state index in [4.69, 9.17) is 24.1 Å². The number of aromatic nitrogens is 3. The van der Waals surface area contributed by atoms with Gasteiger partial charge >= 0.3 is 0 Å². The molecule has 0 saturated heterocycles. The van der Waals surface area contributed by atoms with E-state index in [1.807, 2.05) is 12.1 Å². The topological polar surface area (TPSA) is 61.0 Å². The van der Waals surface area contributed by atoms with Crippen molar-refractivity contribution < 1.29 is 9.15 Å². The number of ether oxygens (including phenoxy) is 1. The highest BCUT2D eigenvalue weighted by Gasteiger charge is 2.40. The summed E-state index contributed by atoms with van der Waals surface area (Å²) in [6.45, 7) is 0. The van der Waals surface area contributed by atoms with Crippen LogP contribution in [0.25, 0.3) is 83.0 Å². The van der Waals surface area contributed by atoms with Crippen LogP contribution in [-0.4, -0.2) is 21.1 Å². The Hall–Kier alpha value is -6.85. The van der Waals surface area contributed by atoms with E-state index in [9.17, 15) is 0 Å². The number of benzene rings is 7. The zero-order chi connectivity index (χ0) is 34.2. The summed E-state index contributed by atoms with van der Waals surface area (Å²) in [5.41, 5.74) is 7.74. The number of allylic oxidation sites excluding steroid dienone is 2. The van der Waals surface area contributed by atoms with Crippen LogP contribution >= 0.6 is 0 Å². The van der Waals surface area contributed by atoms with Crippen molar-refractivity contribution in [3.63, 3.8) is 0 Å². The lowest BCUT2D eigenvalue weighted by Gasteiger charge is -2.22. The average Bonchev–Trinajstić information content (AvgIpc) is 3.79. The van der Waals surface area contributed by atoms with Gasteiger partial charge in [0.15, 0.2) is 17.5 Å². The van der Waals surface area contributed by atoms with Gasteiger partial charge in [-0.1, -0.05) is 140 Å². The second kappa shape index (κ2) is 11.3. The van der Waals surface area contributed by atoms with E-state index in [1.54, 1.807) is 0 Å². The van der Waals surface area contributed by atoms with Crippen LogP contribution in [-0.2, 0) is 0 Å². The van der Waals surface area contributed by atoms with E-state index in [0.29, 0.717) is 17.5 Å². The first kappa shape index (κ1) is 28.9. The molecule has 0 fully saturated rings. The maximum Gasteiger partial charge on any atom is 0.164 e. The number of nitrogens with zero attached hydrogens (tertiary/aromatic N) is 3. The first-order chi connectivity index (χ1) is 25.7. The molecule has 1 aliphatic heterocycles. The lowest BCUT2D eigenvalue weighted by molar-refractivity contribution is 0.272. The Bertz CT molecular complexity index is 2880. The third-order valence-electron chi connectivity index (χ3n) is 10.5. The van der Waals surface area contributed by atoms with Crippen LogP contribution in [0.1, 0.15) is 17.3 Å². The van der Waals surface area contributed by atoms with Gasteiger partial charge in [-0.2, -0.15) is 0 Å². The summed E-state index contributed by atoms with van der Waals surface area (Å²) in [5, 5.41) is 6.82. The quantitative estimate of drug-likeness (QED) is 0.187. The van der Waals surface area contributed by atoms with Gasteiger partial charge in [-0.25, -0.2) is 15.0 Å². The molecule has 1 aliphatic carbocycles. The van der Waals surface area contributed by atoms with Gasteiger partial charge in [0, 0.05) is 44.2 Å². The van der Waals surface area contributed by atoms with Crippen LogP contribution < -0.4 is 4.74 Å². The van der Waals surface area contributed by atoms with E-state index in [-0.39, 0.29) is 12.0 Å². The molecule has 2 aromatic heterocycles. The molecule has 2 atom stereocenters. The fraction of sp³-hybridized carbons (Fsp3) is 0.0426. The minimum Gasteiger partial charge on any atom is -0.484 e. The molecule has 0 N–H and O–H groups in total. The fourth-order valence-electron chi connectivity index (χ4n) is 7.98. The molecule has 9 aromatic rings. The second-order valence-corrected chi connectivity index (χ2v) is 13.5. The van der Waals surface area contributed by atoms with Gasteiger partial charge in [-0.15, -0.1) is 0 Å². The summed E-state index contributed by atoms with van der Waals surface area (Å²) < 4.78 is 13.3. The highest BCUT2D eigenvalue weighted by atomic mass is 16.5. The minimum absolute atomic E-state index is 0.105. The number of hydrogen-bond acceptors (Lipinski definition) is 5. The summed E-state index contributed by atoms with van der Waals surface area (Å²) in [5.74, 6) is 2.67. The normalized spacial score (nSPS) is 16.3. The molecule has 0 radical (unpaired) electrons. The monoisotopic (exact) mass is 667 g/mol. The van der Waals surface area contributed by atoms with Crippen LogP contribution in [0.2, 0.25) is 0 Å². The van der Waals surface area contributed by atoms with Gasteiger partial charge in [-0.05, 0) is 45.8 Å². The van der Waals surface area contributed by atoms with Crippen molar-refractivity contribution >= 4 is 49.1 Å². The van der Waals surface area contributed by atoms with Crippen molar-refractivity contribution in [2.45, 2.75) is 12.0 Å². The number of fused-ring (bicyclic) bond motifs is 8. The standard InChI is InChI=1S/C47H29N3O2/c1-3-12-30-26-32(24-22-28(30)10-1)45-48-46(33-25-23-29-11-2-4-13-31(29)27-33)50-47(49-45)39-19-9-21-41-42(39)38-18-8-17-37(44(38)52-41)36-16-7-15-35-34-14-5-6-20-40(34)51-43(35)36/h1-27,41-42H. The van der Waals surface area contributed by atoms with E-state index < -0.39 is 0 Å². The molecule has 244 valence electrons. The number of para-hydroxylation sites is 3. The van der Waals surface area contributed by atoms with Gasteiger partial charge < -0.3 is 9.15 Å². The van der Waals surface area contributed by atoms with E-state index in [1.165, 1.54) is 10.8 Å². The molecular weight excluding hydrogens is 639 g/mol. The van der Waals surface area contributed by atoms with Gasteiger partial charge in [0.05, 0.1) is 5.92 Å². The smallest absolute Gasteiger partial charge is 0.164 e. The largest absolute Gasteiger partial charge is 0.484 e. The van der Waals surface area contributed by atoms with E-state index in [0.717, 1.165) is 71.9 Å². The summed E-state index contributed by atoms with van der Waals surface area (Å²) >= 11 is 0. The van der Waals surface area contributed by atoms with Gasteiger partial charge in [-0.3, -0.25) is 0 Å². The Morgan fingerprint density at radius 3 is 1.87 bits per heavy atom. The molecule has 0 spiro atoms. The summed E-state index contributed by atoms with van der Waals surface area (Å²) in [6, 6.07) is 50.5. The van der Waals surface area contributed by atoms with Gasteiger partial charge in [0.2, 0.25) is 0 Å². The summed E-state index contributed by atoms with van der Waals surface area (Å²) in [7, 11) is 0. The molecular formula is C47H29N3O2. The molecule has 2 aliphatic rings. The van der Waals surface area contributed by atoms with Crippen molar-refractivity contribution in [3.05, 3.63) is 175 Å². The zero-order valence-corrected chi connectivity index (χ0v) is 27.9. The third kappa shape index (κ3) is 4.53. The van der Waals surface area contributed by atoms with Crippen LogP contribution in [0, 0.1) is 0 Å². The first-order valence-electron chi connectivity index (χ1n) is 17.6. The molecule has 0 amide bonds. The Balaban J connectivity index is 1.07. The molecule has 2 unspecified atom stereocenters. The van der Waals surface area contributed by atoms with Gasteiger partial charge in [0.25, 0.3) is 0 Å². The van der Waals surface area contributed by atoms with Crippen LogP contribution in [0.3, 0.4) is 0 Å². The molecule has 5 heteroatoms. The van der Waals surface area contributed by atoms with Crippen LogP contribution in [0.4, 0.5) is 0 Å². The first-order valence-corrected chi connectivity index (χ1v) is 17.6. The van der Waals surface area contributed by atoms with Crippen LogP contribution in [0.15, 0.2) is 168 Å². The molecule has 0 saturated carbocycles. The number of rotatable bonds is 4. The Morgan fingerprint density at radius 2 is 1.12 bits per heavy atom. The van der Waals surface area contributed by atoms with Crippen molar-refractivity contribution in [3.8, 4) is 39.7 Å². The van der Waals surface area contributed by atoms with Crippen molar-refractivity contribution in [1.29, 1.82) is 0 Å². The molecule has 5 nitrogen and oxygen atoms in total. The van der Waals surface area contributed by atoms with Crippen molar-refractivity contribution in [1.82, 2.24) is 15.0 Å². The summed E-state index contributed by atoms with van der Waals surface area (Å²) in [6.07, 6.45) is 6.12. The van der Waals surface area contributed by atoms with E-state index in [2.05, 4.69) is 152 Å². The Labute approximate surface area is 299 Å². The third-order valence-corrected chi connectivity index (χ3v) is 10.5. The minimum atomic E-state index is -0.212. The predicted octanol–water partition coefficient (Wildman–Crippen LogP) is 11.6. The Kier molecular flexibility index (Phi) is 6.31. The second-order valence-electron chi connectivity index (χ2n) is 13.5. The number of furan rings is 1. The maximum atomic E-state index is 6.86. The highest BCUT2D eigenvalue weighted by Crippen LogP contribution is 2.52. The molecule has 0 bridgehead atoms. The predicted molar refractivity (Wildman–Crippen MR) is 209 cm³/mol. The van der Waals surface area contributed by atoms with Gasteiger partial charge in [0.1, 0.15) is 23.0 Å². The lowest BCUT2D eigenvalue weighted by atomic mass is 9.83. The SMILES string of the molecule is C1=CC2Oc3c(-c4cccc5c4oc4ccccc45)cccc3C2C(c2nc(-c3ccc4ccccc4c3)nc(-c3ccc4ccccc4c3)n2)=C1. The van der Waals surface area contributed by atoms with Crippen molar-refractivity contribution in [2.75, 3.05) is 0 Å². The molecule has 7 aromatic carbocycles. The highest BCUT2D eigenvalue weighted by molar-refractivity contribution is 6.10. The molecule has 3 heterocycles. The number of hydrogen-bond donors (Lipinski definition) is 0. The molecule has 11 rings (SSSR count). The fourth-order valence-corrected chi connectivity index (χ4v) is 7.98. The Morgan fingerprint density at radius 1 is 0.500 bits per heavy atom. The summed E-state index contributed by atoms with van der Waals surface area (Å²) in [4.78, 5) is 15.5. The van der Waals surface area contributed by atoms with Crippen LogP contribution in [0.5, 0.6) is 5.75 Å².